The van der Waals surface area contributed by atoms with Gasteiger partial charge in [0.15, 0.2) is 0 Å². The molecule has 1 aromatic heterocycles. The summed E-state index contributed by atoms with van der Waals surface area (Å²) in [4.78, 5) is 12.9. The summed E-state index contributed by atoms with van der Waals surface area (Å²) in [5.74, 6) is -0.311. The van der Waals surface area contributed by atoms with Gasteiger partial charge in [-0.25, -0.2) is 5.43 Å². The summed E-state index contributed by atoms with van der Waals surface area (Å²) < 4.78 is 0.974. The highest BCUT2D eigenvalue weighted by molar-refractivity contribution is 7.21. The molecule has 0 saturated carbocycles. The second-order valence-corrected chi connectivity index (χ2v) is 6.97. The minimum atomic E-state index is -0.311. The van der Waals surface area contributed by atoms with Gasteiger partial charge in [-0.1, -0.05) is 60.5 Å². The molecule has 1 heterocycles. The molecule has 3 rings (SSSR count). The Hall–Kier alpha value is -1.88. The first-order valence-electron chi connectivity index (χ1n) is 7.40. The van der Waals surface area contributed by atoms with Crippen molar-refractivity contribution in [2.45, 2.75) is 13.3 Å². The normalized spacial score (nSPS) is 11.7. The van der Waals surface area contributed by atoms with Gasteiger partial charge >= 0.3 is 0 Å². The zero-order valence-corrected chi connectivity index (χ0v) is 15.2. The fourth-order valence-electron chi connectivity index (χ4n) is 2.34. The first kappa shape index (κ1) is 17.0. The fourth-order valence-corrected chi connectivity index (χ4v) is 3.94. The standard InChI is InChI=1S/C18H14Cl2N2OS/c1-2-14(11-6-5-7-12(19)10-11)21-22-18(23)17-16(20)13-8-3-4-9-15(13)24-17/h3-10H,2H2,1H3,(H,22,23)/b21-14+. The molecule has 0 unspecified atom stereocenters. The number of fused-ring (bicyclic) bond motifs is 1. The number of nitrogens with one attached hydrogen (secondary N) is 1. The Morgan fingerprint density at radius 3 is 2.67 bits per heavy atom. The molecule has 0 aliphatic carbocycles. The predicted octanol–water partition coefficient (Wildman–Crippen LogP) is 5.75. The molecule has 122 valence electrons. The maximum atomic E-state index is 12.4. The van der Waals surface area contributed by atoms with E-state index in [9.17, 15) is 4.79 Å². The van der Waals surface area contributed by atoms with E-state index in [1.165, 1.54) is 11.3 Å². The Kier molecular flexibility index (Phi) is 5.19. The molecule has 0 aliphatic heterocycles. The van der Waals surface area contributed by atoms with Gasteiger partial charge in [0.25, 0.3) is 5.91 Å². The van der Waals surface area contributed by atoms with Crippen LogP contribution in [0.25, 0.3) is 10.1 Å². The number of hydrogen-bond donors (Lipinski definition) is 1. The topological polar surface area (TPSA) is 41.5 Å². The van der Waals surface area contributed by atoms with E-state index in [0.29, 0.717) is 21.3 Å². The van der Waals surface area contributed by atoms with E-state index in [0.717, 1.165) is 21.4 Å². The van der Waals surface area contributed by atoms with E-state index in [-0.39, 0.29) is 5.91 Å². The third-order valence-corrected chi connectivity index (χ3v) is 5.44. The van der Waals surface area contributed by atoms with Crippen LogP contribution in [0.15, 0.2) is 53.6 Å². The van der Waals surface area contributed by atoms with Crippen molar-refractivity contribution in [3.63, 3.8) is 0 Å². The van der Waals surface area contributed by atoms with Gasteiger partial charge in [-0.3, -0.25) is 4.79 Å². The molecule has 1 amide bonds. The summed E-state index contributed by atoms with van der Waals surface area (Å²) in [6, 6.07) is 15.0. The van der Waals surface area contributed by atoms with Crippen molar-refractivity contribution in [1.29, 1.82) is 0 Å². The lowest BCUT2D eigenvalue weighted by Gasteiger charge is -2.05. The van der Waals surface area contributed by atoms with Crippen LogP contribution in [0.4, 0.5) is 0 Å². The van der Waals surface area contributed by atoms with Crippen LogP contribution < -0.4 is 5.43 Å². The molecule has 0 fully saturated rings. The van der Waals surface area contributed by atoms with Gasteiger partial charge in [0.2, 0.25) is 0 Å². The van der Waals surface area contributed by atoms with Crippen LogP contribution >= 0.6 is 34.5 Å². The van der Waals surface area contributed by atoms with Crippen LogP contribution in [0.3, 0.4) is 0 Å². The van der Waals surface area contributed by atoms with Crippen LogP contribution in [-0.4, -0.2) is 11.6 Å². The van der Waals surface area contributed by atoms with Crippen molar-refractivity contribution in [1.82, 2.24) is 5.43 Å². The molecule has 0 radical (unpaired) electrons. The van der Waals surface area contributed by atoms with Crippen LogP contribution in [0.5, 0.6) is 0 Å². The Balaban J connectivity index is 1.86. The van der Waals surface area contributed by atoms with Crippen LogP contribution in [0, 0.1) is 0 Å². The van der Waals surface area contributed by atoms with Crippen LogP contribution in [-0.2, 0) is 0 Å². The number of carbonyl (C=O) groups excluding carboxylic acids is 1. The summed E-state index contributed by atoms with van der Waals surface area (Å²) >= 11 is 13.7. The third kappa shape index (κ3) is 3.46. The summed E-state index contributed by atoms with van der Waals surface area (Å²) in [6.07, 6.45) is 0.667. The highest BCUT2D eigenvalue weighted by Crippen LogP contribution is 2.34. The molecule has 2 aromatic carbocycles. The van der Waals surface area contributed by atoms with Crippen molar-refractivity contribution in [2.75, 3.05) is 0 Å². The van der Waals surface area contributed by atoms with Crippen molar-refractivity contribution in [3.8, 4) is 0 Å². The molecule has 0 spiro atoms. The number of benzene rings is 2. The summed E-state index contributed by atoms with van der Waals surface area (Å²) in [6.45, 7) is 1.97. The maximum Gasteiger partial charge on any atom is 0.283 e. The van der Waals surface area contributed by atoms with E-state index in [1.807, 2.05) is 49.4 Å². The fraction of sp³-hybridized carbons (Fsp3) is 0.111. The minimum Gasteiger partial charge on any atom is -0.266 e. The van der Waals surface area contributed by atoms with Crippen molar-refractivity contribution < 1.29 is 4.79 Å². The van der Waals surface area contributed by atoms with E-state index in [2.05, 4.69) is 10.5 Å². The highest BCUT2D eigenvalue weighted by Gasteiger charge is 2.16. The molecule has 0 bridgehead atoms. The van der Waals surface area contributed by atoms with Crippen molar-refractivity contribution in [3.05, 3.63) is 69.0 Å². The van der Waals surface area contributed by atoms with E-state index < -0.39 is 0 Å². The van der Waals surface area contributed by atoms with E-state index >= 15 is 0 Å². The lowest BCUT2D eigenvalue weighted by Crippen LogP contribution is -2.19. The van der Waals surface area contributed by atoms with Gasteiger partial charge < -0.3 is 0 Å². The van der Waals surface area contributed by atoms with Crippen molar-refractivity contribution in [2.24, 2.45) is 5.10 Å². The molecule has 0 atom stereocenters. The number of carbonyl (C=O) groups is 1. The zero-order chi connectivity index (χ0) is 17.1. The minimum absolute atomic E-state index is 0.311. The number of hydrazone groups is 1. The van der Waals surface area contributed by atoms with E-state index in [1.54, 1.807) is 6.07 Å². The monoisotopic (exact) mass is 376 g/mol. The second-order valence-electron chi connectivity index (χ2n) is 5.10. The van der Waals surface area contributed by atoms with Crippen LogP contribution in [0.2, 0.25) is 10.0 Å². The smallest absolute Gasteiger partial charge is 0.266 e. The van der Waals surface area contributed by atoms with Gasteiger partial charge in [-0.05, 0) is 30.2 Å². The van der Waals surface area contributed by atoms with E-state index in [4.69, 9.17) is 23.2 Å². The van der Waals surface area contributed by atoms with Gasteiger partial charge in [-0.15, -0.1) is 11.3 Å². The molecule has 3 nitrogen and oxygen atoms in total. The summed E-state index contributed by atoms with van der Waals surface area (Å²) in [5, 5.41) is 6.22. The molecule has 24 heavy (non-hydrogen) atoms. The first-order valence-corrected chi connectivity index (χ1v) is 8.97. The highest BCUT2D eigenvalue weighted by atomic mass is 35.5. The number of thiophene rings is 1. The molecule has 0 aliphatic rings. The molecule has 0 saturated heterocycles. The number of hydrogen-bond acceptors (Lipinski definition) is 3. The number of amides is 1. The zero-order valence-electron chi connectivity index (χ0n) is 12.8. The quantitative estimate of drug-likeness (QED) is 0.456. The number of halogens is 2. The Morgan fingerprint density at radius 1 is 1.17 bits per heavy atom. The number of nitrogens with zero attached hydrogens (tertiary/aromatic N) is 1. The molecular formula is C18H14Cl2N2OS. The van der Waals surface area contributed by atoms with Gasteiger partial charge in [0.05, 0.1) is 10.7 Å². The predicted molar refractivity (Wildman–Crippen MR) is 103 cm³/mol. The summed E-state index contributed by atoms with van der Waals surface area (Å²) in [7, 11) is 0. The Bertz CT molecular complexity index is 934. The average molecular weight is 377 g/mol. The average Bonchev–Trinajstić information content (AvgIpc) is 2.93. The maximum absolute atomic E-state index is 12.4. The molecular weight excluding hydrogens is 363 g/mol. The number of rotatable bonds is 4. The molecule has 3 aromatic rings. The lowest BCUT2D eigenvalue weighted by molar-refractivity contribution is 0.0959. The third-order valence-electron chi connectivity index (χ3n) is 3.53. The summed E-state index contributed by atoms with van der Waals surface area (Å²) in [5.41, 5.74) is 4.24. The lowest BCUT2D eigenvalue weighted by atomic mass is 10.1. The second kappa shape index (κ2) is 7.34. The molecule has 6 heteroatoms. The van der Waals surface area contributed by atoms with Gasteiger partial charge in [-0.2, -0.15) is 5.10 Å². The van der Waals surface area contributed by atoms with Crippen molar-refractivity contribution >= 4 is 56.2 Å². The SMILES string of the molecule is CC/C(=N\NC(=O)c1sc2ccccc2c1Cl)c1cccc(Cl)c1. The first-order chi connectivity index (χ1) is 11.6. The van der Waals surface area contributed by atoms with Crippen LogP contribution in [0.1, 0.15) is 28.6 Å². The van der Waals surface area contributed by atoms with Gasteiger partial charge in [0, 0.05) is 15.1 Å². The largest absolute Gasteiger partial charge is 0.283 e. The Morgan fingerprint density at radius 2 is 1.96 bits per heavy atom. The van der Waals surface area contributed by atoms with Gasteiger partial charge in [0.1, 0.15) is 4.88 Å². The Labute approximate surface area is 153 Å². The molecule has 1 N–H and O–H groups in total.